The first kappa shape index (κ1) is 15.6. The summed E-state index contributed by atoms with van der Waals surface area (Å²) < 4.78 is 44.5. The molecular formula is C13H15F3N2O3. The number of hydrogen-bond acceptors (Lipinski definition) is 4. The van der Waals surface area contributed by atoms with Gasteiger partial charge < -0.3 is 10.1 Å². The Balaban J connectivity index is 2.31. The molecule has 1 aliphatic heterocycles. The van der Waals surface area contributed by atoms with Crippen LogP contribution in [-0.4, -0.2) is 24.1 Å². The summed E-state index contributed by atoms with van der Waals surface area (Å²) in [6, 6.07) is 2.55. The molecule has 0 radical (unpaired) electrons. The molecule has 5 nitrogen and oxygen atoms in total. The topological polar surface area (TPSA) is 64.4 Å². The van der Waals surface area contributed by atoms with Gasteiger partial charge in [0, 0.05) is 18.7 Å². The first-order chi connectivity index (χ1) is 9.79. The van der Waals surface area contributed by atoms with Crippen LogP contribution in [0.3, 0.4) is 0 Å². The molecular weight excluding hydrogens is 289 g/mol. The lowest BCUT2D eigenvalue weighted by Crippen LogP contribution is -2.43. The number of ether oxygens (including phenoxy) is 1. The van der Waals surface area contributed by atoms with E-state index in [9.17, 15) is 23.3 Å². The van der Waals surface area contributed by atoms with Crippen LogP contribution in [0.1, 0.15) is 18.9 Å². The van der Waals surface area contributed by atoms with Gasteiger partial charge in [0.25, 0.3) is 5.69 Å². The van der Waals surface area contributed by atoms with E-state index in [0.717, 1.165) is 25.1 Å². The Hall–Kier alpha value is -1.83. The first-order valence-electron chi connectivity index (χ1n) is 6.52. The Morgan fingerprint density at radius 3 is 2.71 bits per heavy atom. The lowest BCUT2D eigenvalue weighted by atomic mass is 9.97. The summed E-state index contributed by atoms with van der Waals surface area (Å²) in [5, 5.41) is 13.7. The minimum Gasteiger partial charge on any atom is -0.488 e. The number of hydrogen-bond donors (Lipinski definition) is 1. The Morgan fingerprint density at radius 2 is 2.14 bits per heavy atom. The zero-order chi connectivity index (χ0) is 15.6. The van der Waals surface area contributed by atoms with Crippen LogP contribution in [-0.2, 0) is 6.18 Å². The average molecular weight is 304 g/mol. The van der Waals surface area contributed by atoms with Crippen molar-refractivity contribution in [1.29, 1.82) is 0 Å². The Bertz CT molecular complexity index is 534. The van der Waals surface area contributed by atoms with Gasteiger partial charge in [-0.3, -0.25) is 10.1 Å². The Morgan fingerprint density at radius 1 is 1.43 bits per heavy atom. The maximum absolute atomic E-state index is 13.0. The third-order valence-corrected chi connectivity index (χ3v) is 3.51. The molecule has 1 N–H and O–H groups in total. The van der Waals surface area contributed by atoms with Crippen molar-refractivity contribution in [2.45, 2.75) is 25.6 Å². The van der Waals surface area contributed by atoms with E-state index >= 15 is 0 Å². The molecule has 1 heterocycles. The van der Waals surface area contributed by atoms with Crippen LogP contribution in [0.2, 0.25) is 0 Å². The summed E-state index contributed by atoms with van der Waals surface area (Å²) >= 11 is 0. The first-order valence-corrected chi connectivity index (χ1v) is 6.52. The van der Waals surface area contributed by atoms with Gasteiger partial charge in [0.2, 0.25) is 0 Å². The van der Waals surface area contributed by atoms with Gasteiger partial charge in [-0.2, -0.15) is 13.2 Å². The maximum atomic E-state index is 13.0. The van der Waals surface area contributed by atoms with Crippen LogP contribution in [0.25, 0.3) is 0 Å². The van der Waals surface area contributed by atoms with Crippen molar-refractivity contribution in [1.82, 2.24) is 5.32 Å². The second kappa shape index (κ2) is 5.88. The molecule has 0 bridgehead atoms. The largest absolute Gasteiger partial charge is 0.488 e. The Labute approximate surface area is 119 Å². The highest BCUT2D eigenvalue weighted by Crippen LogP contribution is 2.39. The summed E-state index contributed by atoms with van der Waals surface area (Å²) in [7, 11) is 0. The van der Waals surface area contributed by atoms with Gasteiger partial charge in [-0.15, -0.1) is 0 Å². The quantitative estimate of drug-likeness (QED) is 0.688. The van der Waals surface area contributed by atoms with E-state index < -0.39 is 22.4 Å². The molecule has 2 rings (SSSR count). The van der Waals surface area contributed by atoms with E-state index in [2.05, 4.69) is 5.32 Å². The summed E-state index contributed by atoms with van der Waals surface area (Å²) in [4.78, 5) is 9.76. The normalized spacial score (nSPS) is 22.9. The third-order valence-electron chi connectivity index (χ3n) is 3.51. The molecule has 0 spiro atoms. The number of nitro groups is 1. The van der Waals surface area contributed by atoms with Gasteiger partial charge in [-0.25, -0.2) is 0 Å². The maximum Gasteiger partial charge on any atom is 0.420 e. The molecule has 0 aliphatic carbocycles. The van der Waals surface area contributed by atoms with Crippen molar-refractivity contribution in [3.05, 3.63) is 33.9 Å². The van der Waals surface area contributed by atoms with E-state index in [1.165, 1.54) is 0 Å². The zero-order valence-corrected chi connectivity index (χ0v) is 11.3. The van der Waals surface area contributed by atoms with E-state index in [4.69, 9.17) is 4.74 Å². The fourth-order valence-electron chi connectivity index (χ4n) is 2.24. The number of nitro benzene ring substituents is 1. The number of nitrogens with zero attached hydrogens (tertiary/aromatic N) is 1. The summed E-state index contributed by atoms with van der Waals surface area (Å²) in [5.74, 6) is -0.254. The van der Waals surface area contributed by atoms with Crippen LogP contribution < -0.4 is 10.1 Å². The number of alkyl halides is 3. The van der Waals surface area contributed by atoms with E-state index in [-0.39, 0.29) is 17.8 Å². The lowest BCUT2D eigenvalue weighted by molar-refractivity contribution is -0.385. The van der Waals surface area contributed by atoms with Crippen molar-refractivity contribution in [2.75, 3.05) is 13.1 Å². The van der Waals surface area contributed by atoms with Gasteiger partial charge in [0.1, 0.15) is 17.4 Å². The molecule has 1 aromatic rings. The van der Waals surface area contributed by atoms with Gasteiger partial charge in [-0.1, -0.05) is 6.92 Å². The van der Waals surface area contributed by atoms with Crippen LogP contribution in [0, 0.1) is 16.0 Å². The van der Waals surface area contributed by atoms with E-state index in [1.54, 1.807) is 0 Å². The Kier molecular flexibility index (Phi) is 4.36. The lowest BCUT2D eigenvalue weighted by Gasteiger charge is -2.30. The van der Waals surface area contributed by atoms with Crippen molar-refractivity contribution < 1.29 is 22.8 Å². The van der Waals surface area contributed by atoms with Crippen molar-refractivity contribution in [3.8, 4) is 5.75 Å². The van der Waals surface area contributed by atoms with E-state index in [0.29, 0.717) is 12.6 Å². The number of benzene rings is 1. The second-order valence-corrected chi connectivity index (χ2v) is 5.06. The van der Waals surface area contributed by atoms with Crippen LogP contribution in [0.4, 0.5) is 18.9 Å². The molecule has 2 atom stereocenters. The molecule has 2 unspecified atom stereocenters. The molecule has 0 aromatic heterocycles. The van der Waals surface area contributed by atoms with Gasteiger partial charge in [0.05, 0.1) is 4.92 Å². The van der Waals surface area contributed by atoms with Gasteiger partial charge >= 0.3 is 6.18 Å². The predicted octanol–water partition coefficient (Wildman–Crippen LogP) is 2.99. The highest BCUT2D eigenvalue weighted by Gasteiger charge is 2.37. The van der Waals surface area contributed by atoms with Crippen LogP contribution >= 0.6 is 0 Å². The van der Waals surface area contributed by atoms with E-state index in [1.807, 2.05) is 6.92 Å². The molecule has 21 heavy (non-hydrogen) atoms. The summed E-state index contributed by atoms with van der Waals surface area (Å²) in [6.07, 6.45) is -4.28. The zero-order valence-electron chi connectivity index (χ0n) is 11.3. The molecule has 1 aliphatic rings. The molecule has 116 valence electrons. The van der Waals surface area contributed by atoms with Gasteiger partial charge in [-0.05, 0) is 24.9 Å². The number of rotatable bonds is 3. The number of non-ortho nitro benzene ring substituents is 1. The van der Waals surface area contributed by atoms with Crippen molar-refractivity contribution >= 4 is 5.69 Å². The fraction of sp³-hybridized carbons (Fsp3) is 0.538. The van der Waals surface area contributed by atoms with Crippen LogP contribution in [0.5, 0.6) is 5.75 Å². The smallest absolute Gasteiger partial charge is 0.420 e. The second-order valence-electron chi connectivity index (χ2n) is 5.06. The minimum absolute atomic E-state index is 0.113. The minimum atomic E-state index is -4.70. The van der Waals surface area contributed by atoms with Crippen LogP contribution in [0.15, 0.2) is 18.2 Å². The number of halogens is 3. The molecule has 1 saturated heterocycles. The molecule has 8 heteroatoms. The van der Waals surface area contributed by atoms with Crippen molar-refractivity contribution in [3.63, 3.8) is 0 Å². The standard InChI is InChI=1S/C13H15F3N2O3/c1-8-4-5-17-7-12(8)21-11-3-2-9(18(19)20)6-10(11)13(14,15)16/h2-3,6,8,12,17H,4-5,7H2,1H3. The molecule has 0 saturated carbocycles. The summed E-state index contributed by atoms with van der Waals surface area (Å²) in [5.41, 5.74) is -1.72. The molecule has 1 fully saturated rings. The summed E-state index contributed by atoms with van der Waals surface area (Å²) in [6.45, 7) is 3.16. The molecule has 0 amide bonds. The highest BCUT2D eigenvalue weighted by molar-refractivity contribution is 5.45. The average Bonchev–Trinajstić information content (AvgIpc) is 2.40. The molecule has 1 aromatic carbocycles. The number of piperidine rings is 1. The monoisotopic (exact) mass is 304 g/mol. The SMILES string of the molecule is CC1CCNCC1Oc1ccc([N+](=O)[O-])cc1C(F)(F)F. The predicted molar refractivity (Wildman–Crippen MR) is 69.2 cm³/mol. The number of nitrogens with one attached hydrogen (secondary N) is 1. The third kappa shape index (κ3) is 3.63. The van der Waals surface area contributed by atoms with Gasteiger partial charge in [0.15, 0.2) is 0 Å². The van der Waals surface area contributed by atoms with Crippen molar-refractivity contribution in [2.24, 2.45) is 5.92 Å². The highest BCUT2D eigenvalue weighted by atomic mass is 19.4. The fourth-order valence-corrected chi connectivity index (χ4v) is 2.24.